The second-order valence-corrected chi connectivity index (χ2v) is 3.88. The first-order valence-corrected chi connectivity index (χ1v) is 4.98. The van der Waals surface area contributed by atoms with Gasteiger partial charge in [-0.15, -0.1) is 0 Å². The number of amides is 1. The maximum atomic E-state index is 11.6. The lowest BCUT2D eigenvalue weighted by Gasteiger charge is -2.43. The van der Waals surface area contributed by atoms with E-state index in [1.54, 1.807) is 5.48 Å². The van der Waals surface area contributed by atoms with E-state index in [1.807, 2.05) is 19.0 Å². The van der Waals surface area contributed by atoms with E-state index in [0.29, 0.717) is 6.54 Å². The molecule has 5 nitrogen and oxygen atoms in total. The summed E-state index contributed by atoms with van der Waals surface area (Å²) in [5.74, 6) is -0.311. The van der Waals surface area contributed by atoms with Crippen LogP contribution in [0.15, 0.2) is 0 Å². The monoisotopic (exact) mass is 201 g/mol. The van der Waals surface area contributed by atoms with Crippen LogP contribution in [-0.2, 0) is 4.79 Å². The van der Waals surface area contributed by atoms with Gasteiger partial charge >= 0.3 is 0 Å². The lowest BCUT2D eigenvalue weighted by molar-refractivity contribution is -0.143. The lowest BCUT2D eigenvalue weighted by Crippen LogP contribution is -2.63. The maximum absolute atomic E-state index is 11.6. The summed E-state index contributed by atoms with van der Waals surface area (Å²) >= 11 is 0. The van der Waals surface area contributed by atoms with E-state index in [2.05, 4.69) is 5.32 Å². The molecule has 82 valence electrons. The van der Waals surface area contributed by atoms with Crippen LogP contribution in [0.3, 0.4) is 0 Å². The SMILES string of the molecule is CNCC1(C(=O)NO)CCCCN1C. The summed E-state index contributed by atoms with van der Waals surface area (Å²) in [7, 11) is 3.74. The average molecular weight is 201 g/mol. The number of carbonyl (C=O) groups is 1. The Morgan fingerprint density at radius 1 is 1.57 bits per heavy atom. The van der Waals surface area contributed by atoms with E-state index < -0.39 is 5.54 Å². The molecule has 0 aromatic heterocycles. The molecule has 0 aromatic rings. The van der Waals surface area contributed by atoms with Crippen LogP contribution < -0.4 is 10.8 Å². The van der Waals surface area contributed by atoms with Crippen LogP contribution in [0.25, 0.3) is 0 Å². The molecule has 1 atom stereocenters. The number of likely N-dealkylation sites (N-methyl/N-ethyl adjacent to an activating group) is 2. The first-order chi connectivity index (χ1) is 6.67. The lowest BCUT2D eigenvalue weighted by atomic mass is 9.86. The summed E-state index contributed by atoms with van der Waals surface area (Å²) in [5.41, 5.74) is 1.19. The van der Waals surface area contributed by atoms with Crippen LogP contribution in [0.1, 0.15) is 19.3 Å². The molecule has 1 amide bonds. The van der Waals surface area contributed by atoms with Crippen molar-refractivity contribution in [2.24, 2.45) is 0 Å². The number of nitrogens with zero attached hydrogens (tertiary/aromatic N) is 1. The van der Waals surface area contributed by atoms with E-state index in [0.717, 1.165) is 25.8 Å². The van der Waals surface area contributed by atoms with Gasteiger partial charge in [0.2, 0.25) is 0 Å². The Balaban J connectivity index is 2.82. The van der Waals surface area contributed by atoms with Gasteiger partial charge in [0.05, 0.1) is 0 Å². The smallest absolute Gasteiger partial charge is 0.265 e. The molecule has 0 aromatic carbocycles. The van der Waals surface area contributed by atoms with Crippen molar-refractivity contribution in [1.82, 2.24) is 15.7 Å². The Hall–Kier alpha value is -0.650. The minimum Gasteiger partial charge on any atom is -0.317 e. The highest BCUT2D eigenvalue weighted by Gasteiger charge is 2.42. The van der Waals surface area contributed by atoms with E-state index in [4.69, 9.17) is 5.21 Å². The Labute approximate surface area is 84.4 Å². The summed E-state index contributed by atoms with van der Waals surface area (Å²) in [6.07, 6.45) is 2.93. The predicted octanol–water partition coefficient (Wildman–Crippen LogP) is -0.434. The Morgan fingerprint density at radius 2 is 2.29 bits per heavy atom. The van der Waals surface area contributed by atoms with E-state index >= 15 is 0 Å². The summed E-state index contributed by atoms with van der Waals surface area (Å²) in [4.78, 5) is 13.7. The van der Waals surface area contributed by atoms with Gasteiger partial charge in [0.15, 0.2) is 0 Å². The average Bonchev–Trinajstić information content (AvgIpc) is 2.20. The number of rotatable bonds is 3. The van der Waals surface area contributed by atoms with Crippen LogP contribution in [0, 0.1) is 0 Å². The van der Waals surface area contributed by atoms with Crippen molar-refractivity contribution in [2.45, 2.75) is 24.8 Å². The fourth-order valence-electron chi connectivity index (χ4n) is 2.16. The van der Waals surface area contributed by atoms with Crippen molar-refractivity contribution < 1.29 is 10.0 Å². The van der Waals surface area contributed by atoms with Crippen molar-refractivity contribution in [3.8, 4) is 0 Å². The molecular formula is C9H19N3O2. The summed E-state index contributed by atoms with van der Waals surface area (Å²) in [5, 5.41) is 11.8. The minimum atomic E-state index is -0.582. The molecule has 1 aliphatic rings. The second-order valence-electron chi connectivity index (χ2n) is 3.88. The normalized spacial score (nSPS) is 28.8. The van der Waals surface area contributed by atoms with E-state index in [9.17, 15) is 4.79 Å². The second kappa shape index (κ2) is 4.72. The van der Waals surface area contributed by atoms with Gasteiger partial charge in [0.25, 0.3) is 5.91 Å². The Morgan fingerprint density at radius 3 is 2.79 bits per heavy atom. The molecule has 1 rings (SSSR count). The number of piperidine rings is 1. The van der Waals surface area contributed by atoms with Crippen LogP contribution in [0.2, 0.25) is 0 Å². The molecule has 1 fully saturated rings. The van der Waals surface area contributed by atoms with E-state index in [-0.39, 0.29) is 5.91 Å². The van der Waals surface area contributed by atoms with Crippen molar-refractivity contribution in [3.05, 3.63) is 0 Å². The van der Waals surface area contributed by atoms with Crippen LogP contribution in [0.4, 0.5) is 0 Å². The molecular weight excluding hydrogens is 182 g/mol. The van der Waals surface area contributed by atoms with Gasteiger partial charge in [0.1, 0.15) is 5.54 Å². The number of hydroxylamine groups is 1. The molecule has 1 aliphatic heterocycles. The topological polar surface area (TPSA) is 64.6 Å². The third-order valence-electron chi connectivity index (χ3n) is 3.06. The third-order valence-corrected chi connectivity index (χ3v) is 3.06. The fraction of sp³-hybridized carbons (Fsp3) is 0.889. The van der Waals surface area contributed by atoms with Crippen molar-refractivity contribution in [3.63, 3.8) is 0 Å². The highest BCUT2D eigenvalue weighted by molar-refractivity contribution is 5.85. The van der Waals surface area contributed by atoms with Gasteiger partial charge in [-0.2, -0.15) is 0 Å². The molecule has 1 saturated heterocycles. The number of hydrogen-bond donors (Lipinski definition) is 3. The molecule has 0 bridgehead atoms. The number of carbonyl (C=O) groups excluding carboxylic acids is 1. The van der Waals surface area contributed by atoms with Gasteiger partial charge < -0.3 is 5.32 Å². The molecule has 0 saturated carbocycles. The number of nitrogens with one attached hydrogen (secondary N) is 2. The zero-order valence-corrected chi connectivity index (χ0v) is 8.84. The molecule has 0 spiro atoms. The standard InChI is InChI=1S/C9H19N3O2/c1-10-7-9(8(13)11-14)5-3-4-6-12(9)2/h10,14H,3-7H2,1-2H3,(H,11,13). The highest BCUT2D eigenvalue weighted by Crippen LogP contribution is 2.26. The van der Waals surface area contributed by atoms with Crippen molar-refractivity contribution in [1.29, 1.82) is 0 Å². The van der Waals surface area contributed by atoms with Crippen LogP contribution in [0.5, 0.6) is 0 Å². The quantitative estimate of drug-likeness (QED) is 0.428. The largest absolute Gasteiger partial charge is 0.317 e. The van der Waals surface area contributed by atoms with Gasteiger partial charge in [-0.3, -0.25) is 14.9 Å². The van der Waals surface area contributed by atoms with E-state index in [1.165, 1.54) is 0 Å². The predicted molar refractivity (Wildman–Crippen MR) is 53.1 cm³/mol. The molecule has 1 unspecified atom stereocenters. The zero-order valence-electron chi connectivity index (χ0n) is 8.84. The molecule has 0 aliphatic carbocycles. The van der Waals surface area contributed by atoms with Crippen molar-refractivity contribution >= 4 is 5.91 Å². The summed E-state index contributed by atoms with van der Waals surface area (Å²) in [6.45, 7) is 1.46. The zero-order chi connectivity index (χ0) is 10.6. The fourth-order valence-corrected chi connectivity index (χ4v) is 2.16. The number of likely N-dealkylation sites (tertiary alicyclic amines) is 1. The molecule has 3 N–H and O–H groups in total. The third kappa shape index (κ3) is 1.89. The Bertz CT molecular complexity index is 206. The molecule has 0 radical (unpaired) electrons. The van der Waals surface area contributed by atoms with Crippen LogP contribution in [-0.4, -0.2) is 48.7 Å². The first kappa shape index (κ1) is 11.4. The summed E-state index contributed by atoms with van der Waals surface area (Å²) < 4.78 is 0. The first-order valence-electron chi connectivity index (χ1n) is 4.98. The molecule has 14 heavy (non-hydrogen) atoms. The highest BCUT2D eigenvalue weighted by atomic mass is 16.5. The van der Waals surface area contributed by atoms with Crippen LogP contribution >= 0.6 is 0 Å². The van der Waals surface area contributed by atoms with Gasteiger partial charge in [-0.25, -0.2) is 5.48 Å². The van der Waals surface area contributed by atoms with Gasteiger partial charge in [-0.1, -0.05) is 0 Å². The Kier molecular flexibility index (Phi) is 3.86. The van der Waals surface area contributed by atoms with Gasteiger partial charge in [-0.05, 0) is 39.9 Å². The summed E-state index contributed by atoms with van der Waals surface area (Å²) in [6, 6.07) is 0. The molecule has 5 heteroatoms. The molecule has 1 heterocycles. The van der Waals surface area contributed by atoms with Crippen molar-refractivity contribution in [2.75, 3.05) is 27.2 Å². The maximum Gasteiger partial charge on any atom is 0.265 e. The van der Waals surface area contributed by atoms with Gasteiger partial charge in [0, 0.05) is 6.54 Å². The minimum absolute atomic E-state index is 0.311. The number of hydrogen-bond acceptors (Lipinski definition) is 4.